The van der Waals surface area contributed by atoms with Crippen LogP contribution in [0.2, 0.25) is 0 Å². The lowest BCUT2D eigenvalue weighted by Gasteiger charge is -2.25. The van der Waals surface area contributed by atoms with E-state index in [1.165, 1.54) is 12.8 Å². The normalized spacial score (nSPS) is 18.6. The Kier molecular flexibility index (Phi) is 5.45. The lowest BCUT2D eigenvalue weighted by Crippen LogP contribution is -2.48. The number of ether oxygens (including phenoxy) is 1. The number of nitrogens with one attached hydrogen (secondary N) is 2. The largest absolute Gasteiger partial charge is 0.382 e. The molecule has 4 heteroatoms. The second kappa shape index (κ2) is 6.41. The smallest absolute Gasteiger partial charge is 0.191 e. The first-order chi connectivity index (χ1) is 8.41. The van der Waals surface area contributed by atoms with Gasteiger partial charge >= 0.3 is 0 Å². The van der Waals surface area contributed by atoms with E-state index in [1.807, 2.05) is 14.0 Å². The van der Waals surface area contributed by atoms with Crippen molar-refractivity contribution in [3.8, 4) is 0 Å². The maximum absolute atomic E-state index is 5.45. The quantitative estimate of drug-likeness (QED) is 0.434. The van der Waals surface area contributed by atoms with Gasteiger partial charge in [-0.1, -0.05) is 0 Å². The molecule has 2 N–H and O–H groups in total. The van der Waals surface area contributed by atoms with Gasteiger partial charge in [-0.15, -0.1) is 0 Å². The Balaban J connectivity index is 2.30. The van der Waals surface area contributed by atoms with Gasteiger partial charge in [0.15, 0.2) is 5.96 Å². The van der Waals surface area contributed by atoms with Gasteiger partial charge in [0.05, 0.1) is 0 Å². The molecule has 1 saturated carbocycles. The van der Waals surface area contributed by atoms with Crippen LogP contribution >= 0.6 is 0 Å². The summed E-state index contributed by atoms with van der Waals surface area (Å²) in [5.74, 6) is 0.894. The minimum atomic E-state index is 0.0455. The van der Waals surface area contributed by atoms with Crippen molar-refractivity contribution < 1.29 is 4.74 Å². The van der Waals surface area contributed by atoms with Crippen molar-refractivity contribution in [1.29, 1.82) is 0 Å². The average molecular weight is 255 g/mol. The molecule has 0 amide bonds. The predicted molar refractivity (Wildman–Crippen MR) is 77.0 cm³/mol. The first-order valence-corrected chi connectivity index (χ1v) is 6.97. The highest BCUT2D eigenvalue weighted by Gasteiger charge is 2.42. The highest BCUT2D eigenvalue weighted by atomic mass is 16.5. The first-order valence-electron chi connectivity index (χ1n) is 6.97. The van der Waals surface area contributed by atoms with Crippen LogP contribution in [0.5, 0.6) is 0 Å². The molecule has 0 aromatic heterocycles. The van der Waals surface area contributed by atoms with Gasteiger partial charge in [-0.2, -0.15) is 0 Å². The van der Waals surface area contributed by atoms with E-state index in [0.29, 0.717) is 5.41 Å². The van der Waals surface area contributed by atoms with E-state index in [0.717, 1.165) is 32.1 Å². The van der Waals surface area contributed by atoms with Crippen LogP contribution in [0, 0.1) is 5.41 Å². The third-order valence-electron chi connectivity index (χ3n) is 3.29. The van der Waals surface area contributed by atoms with Crippen LogP contribution < -0.4 is 10.6 Å². The van der Waals surface area contributed by atoms with E-state index in [1.54, 1.807) is 0 Å². The molecular weight excluding hydrogens is 226 g/mol. The van der Waals surface area contributed by atoms with Gasteiger partial charge in [-0.05, 0) is 52.4 Å². The van der Waals surface area contributed by atoms with Crippen molar-refractivity contribution in [1.82, 2.24) is 10.6 Å². The fourth-order valence-corrected chi connectivity index (χ4v) is 1.93. The van der Waals surface area contributed by atoms with E-state index in [2.05, 4.69) is 36.4 Å². The van der Waals surface area contributed by atoms with E-state index >= 15 is 0 Å². The van der Waals surface area contributed by atoms with Gasteiger partial charge in [-0.3, -0.25) is 4.99 Å². The van der Waals surface area contributed by atoms with Crippen LogP contribution in [0.25, 0.3) is 0 Å². The molecule has 0 heterocycles. The van der Waals surface area contributed by atoms with Crippen molar-refractivity contribution >= 4 is 5.96 Å². The molecule has 1 rings (SSSR count). The molecule has 0 aromatic carbocycles. The molecule has 0 aliphatic heterocycles. The molecule has 0 bridgehead atoms. The zero-order chi connectivity index (χ0) is 13.6. The monoisotopic (exact) mass is 255 g/mol. The molecule has 1 aliphatic carbocycles. The average Bonchev–Trinajstić information content (AvgIpc) is 3.04. The van der Waals surface area contributed by atoms with Crippen LogP contribution in [0.3, 0.4) is 0 Å². The summed E-state index contributed by atoms with van der Waals surface area (Å²) in [6, 6.07) is 0. The van der Waals surface area contributed by atoms with Gasteiger partial charge in [0.1, 0.15) is 0 Å². The highest BCUT2D eigenvalue weighted by molar-refractivity contribution is 5.80. The number of guanidine groups is 1. The fraction of sp³-hybridized carbons (Fsp3) is 0.929. The van der Waals surface area contributed by atoms with E-state index in [4.69, 9.17) is 4.74 Å². The zero-order valence-electron chi connectivity index (χ0n) is 12.6. The van der Waals surface area contributed by atoms with Gasteiger partial charge in [-0.25, -0.2) is 0 Å². The summed E-state index contributed by atoms with van der Waals surface area (Å²) in [7, 11) is 1.82. The first kappa shape index (κ1) is 15.3. The molecule has 0 atom stereocenters. The number of hydrogen-bond acceptors (Lipinski definition) is 2. The summed E-state index contributed by atoms with van der Waals surface area (Å²) in [6.07, 6.45) is 3.76. The maximum atomic E-state index is 5.45. The summed E-state index contributed by atoms with van der Waals surface area (Å²) in [5.41, 5.74) is 0.495. The van der Waals surface area contributed by atoms with Gasteiger partial charge in [0, 0.05) is 32.3 Å². The lowest BCUT2D eigenvalue weighted by atomic mass is 10.0. The SMILES string of the molecule is CCOCCC1(CNC(=NC)NC(C)(C)C)CC1. The molecule has 1 fully saturated rings. The Labute approximate surface area is 112 Å². The number of aliphatic imine (C=N–C) groups is 1. The molecular formula is C14H29N3O. The Morgan fingerprint density at radius 2 is 2.00 bits per heavy atom. The van der Waals surface area contributed by atoms with E-state index in [-0.39, 0.29) is 5.54 Å². The summed E-state index contributed by atoms with van der Waals surface area (Å²) < 4.78 is 5.45. The molecule has 0 aromatic rings. The highest BCUT2D eigenvalue weighted by Crippen LogP contribution is 2.48. The van der Waals surface area contributed by atoms with E-state index in [9.17, 15) is 0 Å². The Bertz CT molecular complexity index is 277. The summed E-state index contributed by atoms with van der Waals surface area (Å²) in [5, 5.41) is 6.82. The molecule has 106 valence electrons. The standard InChI is InChI=1S/C14H29N3O/c1-6-18-10-9-14(7-8-14)11-16-12(15-5)17-13(2,3)4/h6-11H2,1-5H3,(H2,15,16,17). The number of rotatable bonds is 6. The molecule has 0 radical (unpaired) electrons. The maximum Gasteiger partial charge on any atom is 0.191 e. The second-order valence-electron chi connectivity index (χ2n) is 6.25. The molecule has 4 nitrogen and oxygen atoms in total. The molecule has 0 spiro atoms. The van der Waals surface area contributed by atoms with Gasteiger partial charge in [0.2, 0.25) is 0 Å². The van der Waals surface area contributed by atoms with Crippen molar-refractivity contribution in [3.63, 3.8) is 0 Å². The minimum absolute atomic E-state index is 0.0455. The van der Waals surface area contributed by atoms with Crippen LogP contribution in [0.15, 0.2) is 4.99 Å². The number of hydrogen-bond donors (Lipinski definition) is 2. The third-order valence-corrected chi connectivity index (χ3v) is 3.29. The summed E-state index contributed by atoms with van der Waals surface area (Å²) in [6.45, 7) is 11.2. The molecule has 0 unspecified atom stereocenters. The fourth-order valence-electron chi connectivity index (χ4n) is 1.93. The Morgan fingerprint density at radius 1 is 1.33 bits per heavy atom. The van der Waals surface area contributed by atoms with Crippen molar-refractivity contribution in [2.24, 2.45) is 10.4 Å². The van der Waals surface area contributed by atoms with Crippen molar-refractivity contribution in [2.45, 2.75) is 52.5 Å². The Morgan fingerprint density at radius 3 is 2.44 bits per heavy atom. The van der Waals surface area contributed by atoms with Crippen molar-refractivity contribution in [3.05, 3.63) is 0 Å². The van der Waals surface area contributed by atoms with Gasteiger partial charge in [0.25, 0.3) is 0 Å². The zero-order valence-corrected chi connectivity index (χ0v) is 12.6. The third kappa shape index (κ3) is 5.71. The molecule has 18 heavy (non-hydrogen) atoms. The van der Waals surface area contributed by atoms with Gasteiger partial charge < -0.3 is 15.4 Å². The van der Waals surface area contributed by atoms with Crippen molar-refractivity contribution in [2.75, 3.05) is 26.8 Å². The van der Waals surface area contributed by atoms with E-state index < -0.39 is 0 Å². The Hall–Kier alpha value is -0.770. The predicted octanol–water partition coefficient (Wildman–Crippen LogP) is 2.16. The number of nitrogens with zero attached hydrogens (tertiary/aromatic N) is 1. The topological polar surface area (TPSA) is 45.6 Å². The summed E-state index contributed by atoms with van der Waals surface area (Å²) >= 11 is 0. The summed E-state index contributed by atoms with van der Waals surface area (Å²) in [4.78, 5) is 4.26. The minimum Gasteiger partial charge on any atom is -0.382 e. The molecule has 0 saturated heterocycles. The van der Waals surface area contributed by atoms with Crippen LogP contribution in [-0.4, -0.2) is 38.3 Å². The van der Waals surface area contributed by atoms with Crippen LogP contribution in [0.1, 0.15) is 47.0 Å². The molecule has 1 aliphatic rings. The van der Waals surface area contributed by atoms with Crippen LogP contribution in [-0.2, 0) is 4.74 Å². The lowest BCUT2D eigenvalue weighted by molar-refractivity contribution is 0.128. The second-order valence-corrected chi connectivity index (χ2v) is 6.25. The van der Waals surface area contributed by atoms with Crippen LogP contribution in [0.4, 0.5) is 0 Å².